The third-order valence-electron chi connectivity index (χ3n) is 2.17. The topological polar surface area (TPSA) is 54.7 Å². The molecule has 0 amide bonds. The van der Waals surface area contributed by atoms with Gasteiger partial charge in [0.25, 0.3) is 5.89 Å². The zero-order valence-corrected chi connectivity index (χ0v) is 8.32. The maximum absolute atomic E-state index is 5.89. The number of H-pyrrole nitrogens is 1. The van der Waals surface area contributed by atoms with Crippen molar-refractivity contribution in [3.63, 3.8) is 0 Å². The van der Waals surface area contributed by atoms with Crippen LogP contribution >= 0.6 is 11.6 Å². The van der Waals surface area contributed by atoms with Crippen molar-refractivity contribution in [1.29, 1.82) is 0 Å². The van der Waals surface area contributed by atoms with E-state index in [1.807, 2.05) is 24.3 Å². The number of hydrogen-bond acceptors (Lipinski definition) is 3. The lowest BCUT2D eigenvalue weighted by atomic mass is 10.2. The van der Waals surface area contributed by atoms with Gasteiger partial charge in [0.1, 0.15) is 5.69 Å². The first-order valence-electron chi connectivity index (χ1n) is 4.38. The first-order chi connectivity index (χ1) is 7.33. The number of benzene rings is 1. The minimum Gasteiger partial charge on any atom is -0.422 e. The average molecular weight is 220 g/mol. The fraction of sp³-hybridized carbons (Fsp3) is 0. The van der Waals surface area contributed by atoms with Crippen molar-refractivity contribution in [3.05, 3.63) is 35.7 Å². The highest BCUT2D eigenvalue weighted by molar-refractivity contribution is 6.31. The monoisotopic (exact) mass is 219 g/mol. The lowest BCUT2D eigenvalue weighted by molar-refractivity contribution is 0.567. The molecule has 0 spiro atoms. The van der Waals surface area contributed by atoms with Gasteiger partial charge < -0.3 is 9.40 Å². The van der Waals surface area contributed by atoms with Crippen LogP contribution in [0.3, 0.4) is 0 Å². The van der Waals surface area contributed by atoms with Crippen molar-refractivity contribution >= 4 is 22.5 Å². The molecule has 0 unspecified atom stereocenters. The molecule has 5 heteroatoms. The second-order valence-corrected chi connectivity index (χ2v) is 3.59. The second-order valence-electron chi connectivity index (χ2n) is 3.16. The summed E-state index contributed by atoms with van der Waals surface area (Å²) in [6, 6.07) is 7.55. The van der Waals surface area contributed by atoms with Crippen LogP contribution in [0.2, 0.25) is 5.02 Å². The summed E-state index contributed by atoms with van der Waals surface area (Å²) < 4.78 is 5.09. The Balaban J connectivity index is 2.22. The van der Waals surface area contributed by atoms with E-state index in [1.54, 1.807) is 0 Å². The van der Waals surface area contributed by atoms with Crippen LogP contribution in [-0.2, 0) is 0 Å². The molecule has 0 saturated heterocycles. The van der Waals surface area contributed by atoms with Gasteiger partial charge in [-0.2, -0.15) is 0 Å². The van der Waals surface area contributed by atoms with Crippen LogP contribution in [-0.4, -0.2) is 15.2 Å². The van der Waals surface area contributed by atoms with Gasteiger partial charge in [-0.3, -0.25) is 0 Å². The van der Waals surface area contributed by atoms with Crippen LogP contribution in [0.15, 0.2) is 35.1 Å². The molecule has 0 saturated carbocycles. The Kier molecular flexibility index (Phi) is 1.76. The van der Waals surface area contributed by atoms with Crippen LogP contribution in [0.1, 0.15) is 0 Å². The highest BCUT2D eigenvalue weighted by Crippen LogP contribution is 2.24. The lowest BCUT2D eigenvalue weighted by Crippen LogP contribution is -1.75. The number of rotatable bonds is 1. The SMILES string of the molecule is Clc1ccc2[nH]c(-c3nnco3)cc2c1. The normalized spacial score (nSPS) is 11.0. The first-order valence-corrected chi connectivity index (χ1v) is 4.75. The smallest absolute Gasteiger partial charge is 0.263 e. The fourth-order valence-corrected chi connectivity index (χ4v) is 1.69. The quantitative estimate of drug-likeness (QED) is 0.685. The van der Waals surface area contributed by atoms with Gasteiger partial charge in [0.05, 0.1) is 0 Å². The van der Waals surface area contributed by atoms with Crippen molar-refractivity contribution in [2.24, 2.45) is 0 Å². The van der Waals surface area contributed by atoms with E-state index in [4.69, 9.17) is 16.0 Å². The van der Waals surface area contributed by atoms with Gasteiger partial charge in [0.15, 0.2) is 0 Å². The van der Waals surface area contributed by atoms with Gasteiger partial charge in [-0.1, -0.05) is 11.6 Å². The molecule has 0 radical (unpaired) electrons. The van der Waals surface area contributed by atoms with Gasteiger partial charge in [-0.25, -0.2) is 0 Å². The maximum Gasteiger partial charge on any atom is 0.263 e. The van der Waals surface area contributed by atoms with Crippen LogP contribution < -0.4 is 0 Å². The molecule has 0 aliphatic carbocycles. The summed E-state index contributed by atoms with van der Waals surface area (Å²) >= 11 is 5.89. The molecule has 4 nitrogen and oxygen atoms in total. The highest BCUT2D eigenvalue weighted by Gasteiger charge is 2.07. The molecule has 0 aliphatic rings. The van der Waals surface area contributed by atoms with Gasteiger partial charge >= 0.3 is 0 Å². The lowest BCUT2D eigenvalue weighted by Gasteiger charge is -1.88. The predicted molar refractivity (Wildman–Crippen MR) is 56.6 cm³/mol. The van der Waals surface area contributed by atoms with E-state index in [9.17, 15) is 0 Å². The predicted octanol–water partition coefficient (Wildman–Crippen LogP) is 2.87. The number of nitrogens with zero attached hydrogens (tertiary/aromatic N) is 2. The first kappa shape index (κ1) is 8.49. The maximum atomic E-state index is 5.89. The standard InChI is InChI=1S/C10H6ClN3O/c11-7-1-2-8-6(3-7)4-9(13-8)10-14-12-5-15-10/h1-5,13H. The summed E-state index contributed by atoms with van der Waals surface area (Å²) in [5.41, 5.74) is 1.79. The van der Waals surface area contributed by atoms with E-state index in [2.05, 4.69) is 15.2 Å². The van der Waals surface area contributed by atoms with E-state index in [1.165, 1.54) is 6.39 Å². The van der Waals surface area contributed by atoms with Gasteiger partial charge in [-0.15, -0.1) is 10.2 Å². The summed E-state index contributed by atoms with van der Waals surface area (Å²) in [6.45, 7) is 0. The molecule has 1 N–H and O–H groups in total. The van der Waals surface area contributed by atoms with E-state index < -0.39 is 0 Å². The average Bonchev–Trinajstić information content (AvgIpc) is 2.84. The van der Waals surface area contributed by atoms with E-state index in [0.717, 1.165) is 16.6 Å². The minimum atomic E-state index is 0.474. The molecular weight excluding hydrogens is 214 g/mol. The zero-order valence-electron chi connectivity index (χ0n) is 7.57. The highest BCUT2D eigenvalue weighted by atomic mass is 35.5. The molecular formula is C10H6ClN3O. The summed E-state index contributed by atoms with van der Waals surface area (Å²) in [5, 5.41) is 9.18. The van der Waals surface area contributed by atoms with E-state index in [-0.39, 0.29) is 0 Å². The van der Waals surface area contributed by atoms with E-state index >= 15 is 0 Å². The molecule has 0 fully saturated rings. The number of fused-ring (bicyclic) bond motifs is 1. The van der Waals surface area contributed by atoms with Gasteiger partial charge in [-0.05, 0) is 24.3 Å². The van der Waals surface area contributed by atoms with Crippen molar-refractivity contribution in [1.82, 2.24) is 15.2 Å². The van der Waals surface area contributed by atoms with Crippen molar-refractivity contribution in [3.8, 4) is 11.6 Å². The third-order valence-corrected chi connectivity index (χ3v) is 2.41. The zero-order chi connectivity index (χ0) is 10.3. The van der Waals surface area contributed by atoms with E-state index in [0.29, 0.717) is 10.9 Å². The summed E-state index contributed by atoms with van der Waals surface area (Å²) in [7, 11) is 0. The minimum absolute atomic E-state index is 0.474. The molecule has 0 aliphatic heterocycles. The molecule has 15 heavy (non-hydrogen) atoms. The number of hydrogen-bond donors (Lipinski definition) is 1. The van der Waals surface area contributed by atoms with Crippen molar-refractivity contribution in [2.45, 2.75) is 0 Å². The molecule has 2 heterocycles. The molecule has 0 atom stereocenters. The van der Waals surface area contributed by atoms with Crippen LogP contribution in [0, 0.1) is 0 Å². The molecule has 2 aromatic heterocycles. The molecule has 3 aromatic rings. The largest absolute Gasteiger partial charge is 0.422 e. The van der Waals surface area contributed by atoms with Crippen molar-refractivity contribution in [2.75, 3.05) is 0 Å². The number of nitrogens with one attached hydrogen (secondary N) is 1. The molecule has 1 aromatic carbocycles. The Morgan fingerprint density at radius 1 is 1.27 bits per heavy atom. The fourth-order valence-electron chi connectivity index (χ4n) is 1.51. The second kappa shape index (κ2) is 3.10. The number of halogens is 1. The Morgan fingerprint density at radius 3 is 3.00 bits per heavy atom. The van der Waals surface area contributed by atoms with Crippen LogP contribution in [0.5, 0.6) is 0 Å². The van der Waals surface area contributed by atoms with Crippen LogP contribution in [0.25, 0.3) is 22.5 Å². The van der Waals surface area contributed by atoms with Gasteiger partial charge in [0.2, 0.25) is 6.39 Å². The summed E-state index contributed by atoms with van der Waals surface area (Å²) in [6.07, 6.45) is 1.30. The summed E-state index contributed by atoms with van der Waals surface area (Å²) in [5.74, 6) is 0.474. The van der Waals surface area contributed by atoms with Crippen molar-refractivity contribution < 1.29 is 4.42 Å². The number of aromatic amines is 1. The van der Waals surface area contributed by atoms with Crippen LogP contribution in [0.4, 0.5) is 0 Å². The Labute approximate surface area is 89.9 Å². The summed E-state index contributed by atoms with van der Waals surface area (Å²) in [4.78, 5) is 3.17. The molecule has 74 valence electrons. The Hall–Kier alpha value is -1.81. The molecule has 3 rings (SSSR count). The van der Waals surface area contributed by atoms with Gasteiger partial charge in [0, 0.05) is 15.9 Å². The number of aromatic nitrogens is 3. The third kappa shape index (κ3) is 1.39. The Bertz CT molecular complexity index is 600. The Morgan fingerprint density at radius 2 is 2.20 bits per heavy atom. The molecule has 0 bridgehead atoms.